The summed E-state index contributed by atoms with van der Waals surface area (Å²) in [4.78, 5) is 2.79. The lowest BCUT2D eigenvalue weighted by Gasteiger charge is -2.71. The van der Waals surface area contributed by atoms with E-state index in [9.17, 15) is 5.11 Å². The fourth-order valence-electron chi connectivity index (χ4n) is 7.63. The topological polar surface area (TPSA) is 54.0 Å². The Kier molecular flexibility index (Phi) is 2.68. The zero-order valence-corrected chi connectivity index (χ0v) is 16.0. The molecular formula is C22H28N2O3. The Morgan fingerprint density at radius 3 is 2.93 bits per heavy atom. The molecule has 0 aromatic heterocycles. The van der Waals surface area contributed by atoms with Crippen molar-refractivity contribution in [2.24, 2.45) is 5.92 Å². The summed E-state index contributed by atoms with van der Waals surface area (Å²) in [6, 6.07) is 4.84. The van der Waals surface area contributed by atoms with Crippen LogP contribution in [0.1, 0.15) is 43.2 Å². The summed E-state index contributed by atoms with van der Waals surface area (Å²) >= 11 is 0. The first-order valence-corrected chi connectivity index (χ1v) is 10.7. The molecule has 3 aliphatic carbocycles. The fraction of sp³-hybridized carbons (Fsp3) is 0.727. The number of fused-ring (bicyclic) bond motifs is 2. The number of β-amino-alcohol motifs (C(OH)–C–C–N with tert-alkyl or cyclic N) is 1. The predicted molar refractivity (Wildman–Crippen MR) is 100 cm³/mol. The van der Waals surface area contributed by atoms with Gasteiger partial charge in [0, 0.05) is 30.2 Å². The lowest BCUT2D eigenvalue weighted by atomic mass is 9.43. The number of nitrogens with one attached hydrogen (secondary N) is 1. The van der Waals surface area contributed by atoms with Crippen molar-refractivity contribution in [1.29, 1.82) is 0 Å². The van der Waals surface area contributed by atoms with Crippen LogP contribution in [0.3, 0.4) is 0 Å². The molecule has 4 heterocycles. The normalized spacial score (nSPS) is 46.1. The van der Waals surface area contributed by atoms with Gasteiger partial charge in [-0.1, -0.05) is 6.07 Å². The van der Waals surface area contributed by atoms with Crippen molar-refractivity contribution in [3.05, 3.63) is 23.3 Å². The molecule has 4 bridgehead atoms. The molecule has 0 amide bonds. The Bertz CT molecular complexity index is 842. The molecule has 0 unspecified atom stereocenters. The van der Waals surface area contributed by atoms with Gasteiger partial charge < -0.3 is 19.9 Å². The van der Waals surface area contributed by atoms with Gasteiger partial charge in [0.1, 0.15) is 11.7 Å². The van der Waals surface area contributed by atoms with Crippen molar-refractivity contribution < 1.29 is 14.6 Å². The molecule has 4 aliphatic heterocycles. The van der Waals surface area contributed by atoms with Crippen molar-refractivity contribution in [3.8, 4) is 11.5 Å². The van der Waals surface area contributed by atoms with E-state index in [-0.39, 0.29) is 17.1 Å². The van der Waals surface area contributed by atoms with E-state index < -0.39 is 5.60 Å². The van der Waals surface area contributed by atoms with E-state index in [1.54, 1.807) is 7.11 Å². The average molecular weight is 368 g/mol. The largest absolute Gasteiger partial charge is 0.493 e. The molecule has 3 saturated heterocycles. The van der Waals surface area contributed by atoms with Crippen LogP contribution in [-0.2, 0) is 11.8 Å². The number of nitrogens with zero attached hydrogens (tertiary/aromatic N) is 1. The third-order valence-electron chi connectivity index (χ3n) is 8.91. The molecule has 0 radical (unpaired) electrons. The van der Waals surface area contributed by atoms with Gasteiger partial charge in [0.25, 0.3) is 0 Å². The molecule has 2 N–H and O–H groups in total. The summed E-state index contributed by atoms with van der Waals surface area (Å²) in [7, 11) is 1.72. The first kappa shape index (κ1) is 15.6. The molecule has 5 nitrogen and oxygen atoms in total. The minimum absolute atomic E-state index is 0.0277. The highest BCUT2D eigenvalue weighted by Gasteiger charge is 2.78. The minimum atomic E-state index is -0.774. The van der Waals surface area contributed by atoms with Gasteiger partial charge in [-0.15, -0.1) is 0 Å². The second kappa shape index (κ2) is 4.64. The van der Waals surface area contributed by atoms with Crippen molar-refractivity contribution in [1.82, 2.24) is 10.2 Å². The highest BCUT2D eigenvalue weighted by Crippen LogP contribution is 2.68. The molecule has 144 valence electrons. The van der Waals surface area contributed by atoms with Crippen LogP contribution in [0.5, 0.6) is 11.5 Å². The number of hydrogen-bond acceptors (Lipinski definition) is 5. The molecule has 8 rings (SSSR count). The summed E-state index contributed by atoms with van der Waals surface area (Å²) in [6.07, 6.45) is 6.70. The Balaban J connectivity index is 1.48. The van der Waals surface area contributed by atoms with Crippen LogP contribution < -0.4 is 14.8 Å². The Labute approximate surface area is 160 Å². The third kappa shape index (κ3) is 1.58. The highest BCUT2D eigenvalue weighted by atomic mass is 16.5. The molecule has 5 heteroatoms. The van der Waals surface area contributed by atoms with E-state index in [1.807, 2.05) is 0 Å². The second-order valence-corrected chi connectivity index (χ2v) is 9.94. The summed E-state index contributed by atoms with van der Waals surface area (Å²) in [6.45, 7) is 3.02. The average Bonchev–Trinajstić information content (AvgIpc) is 3.41. The maximum absolute atomic E-state index is 11.5. The molecular weight excluding hydrogens is 340 g/mol. The SMILES string of the molecule is COc1ccc2c3c1O[C@H]1[C@@]4(O)CC[C@@]5(NC4)[C@@H](C2)N(CC2CC2)CC[C@]315. The van der Waals surface area contributed by atoms with Gasteiger partial charge in [-0.2, -0.15) is 0 Å². The van der Waals surface area contributed by atoms with Gasteiger partial charge >= 0.3 is 0 Å². The van der Waals surface area contributed by atoms with Crippen LogP contribution in [0.2, 0.25) is 0 Å². The smallest absolute Gasteiger partial charge is 0.166 e. The molecule has 5 fully saturated rings. The number of benzene rings is 1. The van der Waals surface area contributed by atoms with Crippen LogP contribution in [0.15, 0.2) is 12.1 Å². The zero-order chi connectivity index (χ0) is 18.0. The van der Waals surface area contributed by atoms with Gasteiger partial charge in [-0.3, -0.25) is 4.90 Å². The lowest BCUT2D eigenvalue weighted by molar-refractivity contribution is -0.212. The van der Waals surface area contributed by atoms with Gasteiger partial charge in [-0.25, -0.2) is 0 Å². The summed E-state index contributed by atoms with van der Waals surface area (Å²) in [5, 5.41) is 15.5. The number of likely N-dealkylation sites (tertiary alicyclic amines) is 1. The maximum atomic E-state index is 11.5. The zero-order valence-electron chi connectivity index (χ0n) is 16.0. The van der Waals surface area contributed by atoms with Crippen molar-refractivity contribution >= 4 is 0 Å². The van der Waals surface area contributed by atoms with Crippen LogP contribution in [0, 0.1) is 5.92 Å². The quantitative estimate of drug-likeness (QED) is 0.849. The number of methoxy groups -OCH3 is 1. The highest BCUT2D eigenvalue weighted by molar-refractivity contribution is 5.64. The van der Waals surface area contributed by atoms with E-state index in [1.165, 1.54) is 30.5 Å². The number of piperidine rings is 3. The number of rotatable bonds is 3. The fourth-order valence-corrected chi connectivity index (χ4v) is 7.63. The van der Waals surface area contributed by atoms with E-state index >= 15 is 0 Å². The molecule has 1 aromatic rings. The van der Waals surface area contributed by atoms with E-state index in [2.05, 4.69) is 22.3 Å². The molecule has 2 saturated carbocycles. The molecule has 7 aliphatic rings. The van der Waals surface area contributed by atoms with Crippen molar-refractivity contribution in [2.45, 2.75) is 67.2 Å². The third-order valence-corrected chi connectivity index (χ3v) is 8.91. The molecule has 27 heavy (non-hydrogen) atoms. The summed E-state index contributed by atoms with van der Waals surface area (Å²) in [5.41, 5.74) is 1.92. The molecule has 2 spiro atoms. The Morgan fingerprint density at radius 1 is 1.30 bits per heavy atom. The van der Waals surface area contributed by atoms with E-state index in [0.29, 0.717) is 12.6 Å². The predicted octanol–water partition coefficient (Wildman–Crippen LogP) is 1.60. The standard InChI is InChI=1S/C22H28N2O3/c1-26-15-5-4-14-10-16-22-7-6-20(25,12-23-22)19-21(22,17(14)18(15)27-19)8-9-24(16)11-13-2-3-13/h4-5,13,16,19,23,25H,2-3,6-12H2,1H3/t16-,19+,20-,21+,22-/m1/s1. The van der Waals surface area contributed by atoms with Gasteiger partial charge in [0.2, 0.25) is 0 Å². The van der Waals surface area contributed by atoms with Crippen LogP contribution in [0.4, 0.5) is 0 Å². The molecule has 5 atom stereocenters. The van der Waals surface area contributed by atoms with Gasteiger partial charge in [0.15, 0.2) is 11.5 Å². The number of ether oxygens (including phenoxy) is 2. The number of hydrogen-bond donors (Lipinski definition) is 2. The summed E-state index contributed by atoms with van der Waals surface area (Å²) < 4.78 is 12.3. The number of aliphatic hydroxyl groups is 1. The maximum Gasteiger partial charge on any atom is 0.166 e. The first-order valence-electron chi connectivity index (χ1n) is 10.7. The lowest BCUT2D eigenvalue weighted by Crippen LogP contribution is -2.88. The Morgan fingerprint density at radius 2 is 2.19 bits per heavy atom. The van der Waals surface area contributed by atoms with Crippen LogP contribution in [-0.4, -0.2) is 60.0 Å². The second-order valence-electron chi connectivity index (χ2n) is 9.94. The van der Waals surface area contributed by atoms with Gasteiger partial charge in [-0.05, 0) is 62.6 Å². The van der Waals surface area contributed by atoms with Crippen molar-refractivity contribution in [3.63, 3.8) is 0 Å². The summed E-state index contributed by atoms with van der Waals surface area (Å²) in [5.74, 6) is 2.65. The Hall–Kier alpha value is -1.30. The first-order chi connectivity index (χ1) is 13.1. The van der Waals surface area contributed by atoms with E-state index in [4.69, 9.17) is 9.47 Å². The monoisotopic (exact) mass is 368 g/mol. The van der Waals surface area contributed by atoms with Crippen molar-refractivity contribution in [2.75, 3.05) is 26.7 Å². The van der Waals surface area contributed by atoms with Gasteiger partial charge in [0.05, 0.1) is 12.5 Å². The van der Waals surface area contributed by atoms with E-state index in [0.717, 1.165) is 49.6 Å². The minimum Gasteiger partial charge on any atom is -0.493 e. The van der Waals surface area contributed by atoms with Crippen LogP contribution >= 0.6 is 0 Å². The molecule has 1 aromatic carbocycles. The van der Waals surface area contributed by atoms with Crippen LogP contribution in [0.25, 0.3) is 0 Å².